The second-order valence-corrected chi connectivity index (χ2v) is 4.72. The van der Waals surface area contributed by atoms with Crippen LogP contribution < -0.4 is 5.32 Å². The predicted molar refractivity (Wildman–Crippen MR) is 67.1 cm³/mol. The van der Waals surface area contributed by atoms with Crippen LogP contribution >= 0.6 is 0 Å². The highest BCUT2D eigenvalue weighted by atomic mass is 14.9. The van der Waals surface area contributed by atoms with Crippen molar-refractivity contribution in [1.82, 2.24) is 5.32 Å². The first-order chi connectivity index (χ1) is 7.13. The third-order valence-electron chi connectivity index (χ3n) is 2.86. The smallest absolute Gasteiger partial charge is 0.0317 e. The lowest BCUT2D eigenvalue weighted by Crippen LogP contribution is -2.16. The highest BCUT2D eigenvalue weighted by Gasteiger charge is 2.09. The molecule has 1 heteroatoms. The summed E-state index contributed by atoms with van der Waals surface area (Å²) in [5.41, 5.74) is 2.74. The standard InChI is InChI=1S/C14H23N/c1-11(2)5-10-14(15-4)13-8-6-12(3)7-9-13/h6-9,11,14-15H,5,10H2,1-4H3. The van der Waals surface area contributed by atoms with Gasteiger partial charge in [-0.1, -0.05) is 43.7 Å². The Morgan fingerprint density at radius 2 is 1.67 bits per heavy atom. The monoisotopic (exact) mass is 205 g/mol. The Morgan fingerprint density at radius 1 is 1.07 bits per heavy atom. The molecule has 0 radical (unpaired) electrons. The Morgan fingerprint density at radius 3 is 2.13 bits per heavy atom. The van der Waals surface area contributed by atoms with E-state index in [4.69, 9.17) is 0 Å². The third kappa shape index (κ3) is 4.05. The SMILES string of the molecule is CNC(CCC(C)C)c1ccc(C)cc1. The molecule has 84 valence electrons. The van der Waals surface area contributed by atoms with Gasteiger partial charge in [0, 0.05) is 6.04 Å². The quantitative estimate of drug-likeness (QED) is 0.773. The average molecular weight is 205 g/mol. The predicted octanol–water partition coefficient (Wildman–Crippen LogP) is 3.69. The Hall–Kier alpha value is -0.820. The first-order valence-corrected chi connectivity index (χ1v) is 5.87. The van der Waals surface area contributed by atoms with Gasteiger partial charge in [0.2, 0.25) is 0 Å². The van der Waals surface area contributed by atoms with Crippen LogP contribution in [0.5, 0.6) is 0 Å². The highest BCUT2D eigenvalue weighted by molar-refractivity contribution is 5.23. The molecule has 0 heterocycles. The molecule has 15 heavy (non-hydrogen) atoms. The van der Waals surface area contributed by atoms with E-state index in [1.807, 2.05) is 7.05 Å². The van der Waals surface area contributed by atoms with E-state index in [-0.39, 0.29) is 0 Å². The van der Waals surface area contributed by atoms with Gasteiger partial charge in [0.1, 0.15) is 0 Å². The van der Waals surface area contributed by atoms with Gasteiger partial charge < -0.3 is 5.32 Å². The number of hydrogen-bond acceptors (Lipinski definition) is 1. The molecule has 0 aliphatic heterocycles. The second kappa shape index (κ2) is 5.92. The zero-order valence-electron chi connectivity index (χ0n) is 10.4. The number of aryl methyl sites for hydroxylation is 1. The first kappa shape index (κ1) is 12.3. The van der Waals surface area contributed by atoms with E-state index in [0.717, 1.165) is 5.92 Å². The number of rotatable bonds is 5. The van der Waals surface area contributed by atoms with E-state index in [1.165, 1.54) is 24.0 Å². The van der Waals surface area contributed by atoms with Gasteiger partial charge in [0.15, 0.2) is 0 Å². The van der Waals surface area contributed by atoms with Crippen molar-refractivity contribution in [2.75, 3.05) is 7.05 Å². The molecule has 0 aliphatic carbocycles. The van der Waals surface area contributed by atoms with Gasteiger partial charge in [-0.25, -0.2) is 0 Å². The van der Waals surface area contributed by atoms with Crippen LogP contribution in [0.3, 0.4) is 0 Å². The lowest BCUT2D eigenvalue weighted by atomic mass is 9.97. The van der Waals surface area contributed by atoms with Crippen molar-refractivity contribution in [3.63, 3.8) is 0 Å². The van der Waals surface area contributed by atoms with Crippen LogP contribution in [0, 0.1) is 12.8 Å². The summed E-state index contributed by atoms with van der Waals surface area (Å²) in [5.74, 6) is 0.784. The minimum atomic E-state index is 0.507. The molecule has 1 aromatic carbocycles. The molecular formula is C14H23N. The maximum absolute atomic E-state index is 3.39. The molecule has 1 N–H and O–H groups in total. The Bertz CT molecular complexity index is 274. The summed E-state index contributed by atoms with van der Waals surface area (Å²) >= 11 is 0. The van der Waals surface area contributed by atoms with Crippen LogP contribution in [-0.2, 0) is 0 Å². The molecule has 1 unspecified atom stereocenters. The molecule has 0 aromatic heterocycles. The second-order valence-electron chi connectivity index (χ2n) is 4.72. The number of benzene rings is 1. The van der Waals surface area contributed by atoms with E-state index in [1.54, 1.807) is 0 Å². The van der Waals surface area contributed by atoms with Gasteiger partial charge in [-0.2, -0.15) is 0 Å². The van der Waals surface area contributed by atoms with Crippen LogP contribution in [0.1, 0.15) is 43.9 Å². The zero-order chi connectivity index (χ0) is 11.3. The molecule has 0 amide bonds. The molecule has 1 aromatic rings. The summed E-state index contributed by atoms with van der Waals surface area (Å²) in [5, 5.41) is 3.39. The van der Waals surface area contributed by atoms with Crippen molar-refractivity contribution in [2.45, 2.75) is 39.7 Å². The van der Waals surface area contributed by atoms with Crippen LogP contribution in [0.15, 0.2) is 24.3 Å². The van der Waals surface area contributed by atoms with Crippen molar-refractivity contribution in [3.8, 4) is 0 Å². The summed E-state index contributed by atoms with van der Waals surface area (Å²) in [6.45, 7) is 6.69. The summed E-state index contributed by atoms with van der Waals surface area (Å²) in [7, 11) is 2.05. The van der Waals surface area contributed by atoms with E-state index in [9.17, 15) is 0 Å². The molecule has 0 fully saturated rings. The van der Waals surface area contributed by atoms with E-state index < -0.39 is 0 Å². The first-order valence-electron chi connectivity index (χ1n) is 5.87. The summed E-state index contributed by atoms with van der Waals surface area (Å²) in [6.07, 6.45) is 2.50. The Balaban J connectivity index is 2.61. The molecule has 1 nitrogen and oxygen atoms in total. The lowest BCUT2D eigenvalue weighted by Gasteiger charge is -2.17. The van der Waals surface area contributed by atoms with E-state index in [0.29, 0.717) is 6.04 Å². The van der Waals surface area contributed by atoms with Crippen molar-refractivity contribution in [2.24, 2.45) is 5.92 Å². The van der Waals surface area contributed by atoms with E-state index >= 15 is 0 Å². The molecule has 1 atom stereocenters. The lowest BCUT2D eigenvalue weighted by molar-refractivity contribution is 0.465. The molecule has 0 saturated heterocycles. The zero-order valence-corrected chi connectivity index (χ0v) is 10.4. The maximum Gasteiger partial charge on any atom is 0.0317 e. The van der Waals surface area contributed by atoms with Crippen molar-refractivity contribution >= 4 is 0 Å². The van der Waals surface area contributed by atoms with Gasteiger partial charge in [-0.15, -0.1) is 0 Å². The summed E-state index contributed by atoms with van der Waals surface area (Å²) in [6, 6.07) is 9.35. The molecule has 0 aliphatic rings. The van der Waals surface area contributed by atoms with Gasteiger partial charge in [0.05, 0.1) is 0 Å². The van der Waals surface area contributed by atoms with Gasteiger partial charge in [-0.05, 0) is 38.3 Å². The maximum atomic E-state index is 3.39. The fourth-order valence-corrected chi connectivity index (χ4v) is 1.78. The minimum Gasteiger partial charge on any atom is -0.313 e. The Labute approximate surface area is 93.9 Å². The van der Waals surface area contributed by atoms with Gasteiger partial charge in [0.25, 0.3) is 0 Å². The van der Waals surface area contributed by atoms with Crippen LogP contribution in [0.25, 0.3) is 0 Å². The molecule has 0 saturated carbocycles. The molecule has 1 rings (SSSR count). The van der Waals surface area contributed by atoms with Gasteiger partial charge >= 0.3 is 0 Å². The number of hydrogen-bond donors (Lipinski definition) is 1. The topological polar surface area (TPSA) is 12.0 Å². The van der Waals surface area contributed by atoms with Gasteiger partial charge in [-0.3, -0.25) is 0 Å². The van der Waals surface area contributed by atoms with Crippen molar-refractivity contribution in [3.05, 3.63) is 35.4 Å². The fraction of sp³-hybridized carbons (Fsp3) is 0.571. The fourth-order valence-electron chi connectivity index (χ4n) is 1.78. The van der Waals surface area contributed by atoms with Crippen LogP contribution in [0.2, 0.25) is 0 Å². The normalized spacial score (nSPS) is 13.1. The number of nitrogens with one attached hydrogen (secondary N) is 1. The molecular weight excluding hydrogens is 182 g/mol. The average Bonchev–Trinajstić information content (AvgIpc) is 2.21. The van der Waals surface area contributed by atoms with E-state index in [2.05, 4.69) is 50.4 Å². The Kier molecular flexibility index (Phi) is 4.83. The molecule has 0 spiro atoms. The van der Waals surface area contributed by atoms with Crippen LogP contribution in [-0.4, -0.2) is 7.05 Å². The third-order valence-corrected chi connectivity index (χ3v) is 2.86. The van der Waals surface area contributed by atoms with Crippen molar-refractivity contribution < 1.29 is 0 Å². The summed E-state index contributed by atoms with van der Waals surface area (Å²) < 4.78 is 0. The summed E-state index contributed by atoms with van der Waals surface area (Å²) in [4.78, 5) is 0. The minimum absolute atomic E-state index is 0.507. The largest absolute Gasteiger partial charge is 0.313 e. The van der Waals surface area contributed by atoms with Crippen LogP contribution in [0.4, 0.5) is 0 Å². The van der Waals surface area contributed by atoms with Crippen molar-refractivity contribution in [1.29, 1.82) is 0 Å². The molecule has 0 bridgehead atoms. The highest BCUT2D eigenvalue weighted by Crippen LogP contribution is 2.20.